The fourth-order valence-corrected chi connectivity index (χ4v) is 4.65. The first kappa shape index (κ1) is 20.6. The number of para-hydroxylation sites is 2. The Balaban J connectivity index is 1.43. The molecule has 1 aliphatic rings. The third kappa shape index (κ3) is 4.08. The number of imidazole rings is 1. The molecule has 5 nitrogen and oxygen atoms in total. The van der Waals surface area contributed by atoms with Gasteiger partial charge in [-0.1, -0.05) is 48.0 Å². The number of rotatable bonds is 6. The van der Waals surface area contributed by atoms with E-state index in [1.165, 1.54) is 0 Å². The van der Waals surface area contributed by atoms with E-state index >= 15 is 0 Å². The van der Waals surface area contributed by atoms with Gasteiger partial charge in [-0.3, -0.25) is 4.79 Å². The second-order valence-electron chi connectivity index (χ2n) is 8.20. The topological polar surface area (TPSA) is 47.4 Å². The van der Waals surface area contributed by atoms with Crippen LogP contribution in [0.15, 0.2) is 72.8 Å². The standard InChI is InChI=1S/C26H24ClN3O2/c1-32-22-11-9-18(10-12-22)15-29-17-20(14-25(29)31)26-28-23-7-2-3-8-24(23)30(26)16-19-5-4-6-21(27)13-19/h2-13,20H,14-17H2,1H3. The number of halogens is 1. The summed E-state index contributed by atoms with van der Waals surface area (Å²) in [6.45, 7) is 1.91. The number of nitrogens with zero attached hydrogens (tertiary/aromatic N) is 3. The molecule has 32 heavy (non-hydrogen) atoms. The van der Waals surface area contributed by atoms with Crippen LogP contribution in [0.2, 0.25) is 5.02 Å². The molecule has 1 fully saturated rings. The molecule has 0 radical (unpaired) electrons. The number of carbonyl (C=O) groups is 1. The Morgan fingerprint density at radius 2 is 1.81 bits per heavy atom. The lowest BCUT2D eigenvalue weighted by Gasteiger charge is -2.18. The number of carbonyl (C=O) groups excluding carboxylic acids is 1. The maximum atomic E-state index is 12.9. The summed E-state index contributed by atoms with van der Waals surface area (Å²) in [5.41, 5.74) is 4.22. The highest BCUT2D eigenvalue weighted by atomic mass is 35.5. The average molecular weight is 446 g/mol. The van der Waals surface area contributed by atoms with Crippen LogP contribution in [0.25, 0.3) is 11.0 Å². The van der Waals surface area contributed by atoms with Crippen molar-refractivity contribution in [3.8, 4) is 5.75 Å². The van der Waals surface area contributed by atoms with Gasteiger partial charge in [0, 0.05) is 37.0 Å². The molecule has 1 aliphatic heterocycles. The van der Waals surface area contributed by atoms with Crippen LogP contribution < -0.4 is 4.74 Å². The Bertz CT molecular complexity index is 1270. The predicted molar refractivity (Wildman–Crippen MR) is 126 cm³/mol. The van der Waals surface area contributed by atoms with Crippen molar-refractivity contribution in [2.75, 3.05) is 13.7 Å². The van der Waals surface area contributed by atoms with E-state index in [0.717, 1.165) is 38.8 Å². The lowest BCUT2D eigenvalue weighted by Crippen LogP contribution is -2.24. The van der Waals surface area contributed by atoms with Gasteiger partial charge in [0.1, 0.15) is 11.6 Å². The van der Waals surface area contributed by atoms with Gasteiger partial charge in [0.25, 0.3) is 0 Å². The first-order valence-electron chi connectivity index (χ1n) is 10.7. The van der Waals surface area contributed by atoms with Crippen molar-refractivity contribution in [2.45, 2.75) is 25.4 Å². The van der Waals surface area contributed by atoms with E-state index in [0.29, 0.717) is 26.1 Å². The van der Waals surface area contributed by atoms with Crippen molar-refractivity contribution in [1.82, 2.24) is 14.5 Å². The highest BCUT2D eigenvalue weighted by Crippen LogP contribution is 2.32. The van der Waals surface area contributed by atoms with E-state index in [9.17, 15) is 4.79 Å². The maximum Gasteiger partial charge on any atom is 0.223 e. The summed E-state index contributed by atoms with van der Waals surface area (Å²) in [7, 11) is 1.65. The van der Waals surface area contributed by atoms with E-state index in [2.05, 4.69) is 16.7 Å². The van der Waals surface area contributed by atoms with Gasteiger partial charge in [-0.05, 0) is 47.5 Å². The van der Waals surface area contributed by atoms with Crippen molar-refractivity contribution < 1.29 is 9.53 Å². The number of hydrogen-bond donors (Lipinski definition) is 0. The molecule has 1 aromatic heterocycles. The summed E-state index contributed by atoms with van der Waals surface area (Å²) in [6, 6.07) is 23.9. The van der Waals surface area contributed by atoms with Gasteiger partial charge in [0.05, 0.1) is 18.1 Å². The van der Waals surface area contributed by atoms with Crippen LogP contribution in [-0.2, 0) is 17.9 Å². The maximum absolute atomic E-state index is 12.9. The number of benzene rings is 3. The highest BCUT2D eigenvalue weighted by molar-refractivity contribution is 6.30. The van der Waals surface area contributed by atoms with Crippen LogP contribution >= 0.6 is 11.6 Å². The van der Waals surface area contributed by atoms with Crippen molar-refractivity contribution in [1.29, 1.82) is 0 Å². The number of methoxy groups -OCH3 is 1. The predicted octanol–water partition coefficient (Wildman–Crippen LogP) is 5.26. The molecule has 1 amide bonds. The van der Waals surface area contributed by atoms with Gasteiger partial charge in [-0.2, -0.15) is 0 Å². The Morgan fingerprint density at radius 3 is 2.59 bits per heavy atom. The summed E-state index contributed by atoms with van der Waals surface area (Å²) >= 11 is 6.22. The first-order valence-corrected chi connectivity index (χ1v) is 11.1. The minimum atomic E-state index is 0.0485. The van der Waals surface area contributed by atoms with Crippen LogP contribution in [0.4, 0.5) is 0 Å². The smallest absolute Gasteiger partial charge is 0.223 e. The number of likely N-dealkylation sites (tertiary alicyclic amines) is 1. The van der Waals surface area contributed by atoms with Crippen molar-refractivity contribution >= 4 is 28.5 Å². The summed E-state index contributed by atoms with van der Waals surface area (Å²) < 4.78 is 7.47. The second kappa shape index (κ2) is 8.67. The summed E-state index contributed by atoms with van der Waals surface area (Å²) in [5.74, 6) is 1.98. The molecule has 0 saturated carbocycles. The Labute approximate surface area is 192 Å². The molecule has 0 aliphatic carbocycles. The SMILES string of the molecule is COc1ccc(CN2CC(c3nc4ccccc4n3Cc3cccc(Cl)c3)CC2=O)cc1. The number of ether oxygens (including phenoxy) is 1. The minimum Gasteiger partial charge on any atom is -0.497 e. The molecule has 5 rings (SSSR count). The first-order chi connectivity index (χ1) is 15.6. The van der Waals surface area contributed by atoms with E-state index in [-0.39, 0.29) is 11.8 Å². The molecule has 3 aromatic carbocycles. The fourth-order valence-electron chi connectivity index (χ4n) is 4.44. The number of aromatic nitrogens is 2. The third-order valence-corrected chi connectivity index (χ3v) is 6.26. The molecule has 1 saturated heterocycles. The van der Waals surface area contributed by atoms with Gasteiger partial charge in [0.2, 0.25) is 5.91 Å². The third-order valence-electron chi connectivity index (χ3n) is 6.03. The monoisotopic (exact) mass is 445 g/mol. The van der Waals surface area contributed by atoms with E-state index in [4.69, 9.17) is 21.3 Å². The van der Waals surface area contributed by atoms with Gasteiger partial charge in [-0.25, -0.2) is 4.98 Å². The van der Waals surface area contributed by atoms with Crippen LogP contribution in [0.5, 0.6) is 5.75 Å². The lowest BCUT2D eigenvalue weighted by atomic mass is 10.1. The number of hydrogen-bond acceptors (Lipinski definition) is 3. The van der Waals surface area contributed by atoms with Crippen LogP contribution in [0.3, 0.4) is 0 Å². The van der Waals surface area contributed by atoms with Crippen LogP contribution in [-0.4, -0.2) is 34.0 Å². The van der Waals surface area contributed by atoms with E-state index in [1.807, 2.05) is 65.6 Å². The van der Waals surface area contributed by atoms with Crippen LogP contribution in [0, 0.1) is 0 Å². The van der Waals surface area contributed by atoms with Gasteiger partial charge < -0.3 is 14.2 Å². The Morgan fingerprint density at radius 1 is 1.00 bits per heavy atom. The highest BCUT2D eigenvalue weighted by Gasteiger charge is 2.34. The Kier molecular flexibility index (Phi) is 5.58. The normalized spacial score (nSPS) is 16.1. The Hall–Kier alpha value is -3.31. The summed E-state index contributed by atoms with van der Waals surface area (Å²) in [6.07, 6.45) is 0.467. The largest absolute Gasteiger partial charge is 0.497 e. The van der Waals surface area contributed by atoms with E-state index < -0.39 is 0 Å². The molecule has 1 unspecified atom stereocenters. The molecular formula is C26H24ClN3O2. The molecular weight excluding hydrogens is 422 g/mol. The molecule has 2 heterocycles. The lowest BCUT2D eigenvalue weighted by molar-refractivity contribution is -0.128. The van der Waals surface area contributed by atoms with Crippen molar-refractivity contribution in [2.24, 2.45) is 0 Å². The summed E-state index contributed by atoms with van der Waals surface area (Å²) in [4.78, 5) is 19.7. The van der Waals surface area contributed by atoms with Gasteiger partial charge >= 0.3 is 0 Å². The van der Waals surface area contributed by atoms with Crippen molar-refractivity contribution in [3.05, 3.63) is 94.8 Å². The second-order valence-corrected chi connectivity index (χ2v) is 8.63. The zero-order valence-corrected chi connectivity index (χ0v) is 18.6. The van der Waals surface area contributed by atoms with Gasteiger partial charge in [0.15, 0.2) is 0 Å². The molecule has 0 spiro atoms. The molecule has 4 aromatic rings. The van der Waals surface area contributed by atoms with Gasteiger partial charge in [-0.15, -0.1) is 0 Å². The fraction of sp³-hybridized carbons (Fsp3) is 0.231. The quantitative estimate of drug-likeness (QED) is 0.406. The molecule has 6 heteroatoms. The van der Waals surface area contributed by atoms with E-state index in [1.54, 1.807) is 7.11 Å². The zero-order chi connectivity index (χ0) is 22.1. The molecule has 0 N–H and O–H groups in total. The molecule has 1 atom stereocenters. The summed E-state index contributed by atoms with van der Waals surface area (Å²) in [5, 5.41) is 0.718. The molecule has 162 valence electrons. The zero-order valence-electron chi connectivity index (χ0n) is 17.9. The molecule has 0 bridgehead atoms. The van der Waals surface area contributed by atoms with Crippen LogP contribution in [0.1, 0.15) is 29.3 Å². The minimum absolute atomic E-state index is 0.0485. The number of amides is 1. The van der Waals surface area contributed by atoms with Crippen molar-refractivity contribution in [3.63, 3.8) is 0 Å². The average Bonchev–Trinajstić information content (AvgIpc) is 3.35. The number of fused-ring (bicyclic) bond motifs is 1.